The van der Waals surface area contributed by atoms with Crippen molar-refractivity contribution in [1.82, 2.24) is 0 Å². The van der Waals surface area contributed by atoms with Crippen LogP contribution < -0.4 is 9.47 Å². The van der Waals surface area contributed by atoms with Gasteiger partial charge in [0, 0.05) is 10.0 Å². The Hall–Kier alpha value is -1.59. The fraction of sp³-hybridized carbons (Fsp3) is 0.222. The molecule has 1 atom stereocenters. The van der Waals surface area contributed by atoms with Gasteiger partial charge >= 0.3 is 0 Å². The minimum Gasteiger partial charge on any atom is -0.497 e. The molecule has 0 fully saturated rings. The van der Waals surface area contributed by atoms with Crippen LogP contribution in [0.4, 0.5) is 0 Å². The molecule has 3 rings (SSSR count). The molecule has 1 unspecified atom stereocenters. The molecule has 0 radical (unpaired) electrons. The summed E-state index contributed by atoms with van der Waals surface area (Å²) in [5, 5.41) is 0. The van der Waals surface area contributed by atoms with Crippen molar-refractivity contribution in [3.63, 3.8) is 0 Å². The van der Waals surface area contributed by atoms with Crippen molar-refractivity contribution in [2.24, 2.45) is 0 Å². The van der Waals surface area contributed by atoms with Crippen molar-refractivity contribution in [3.8, 4) is 11.5 Å². The lowest BCUT2D eigenvalue weighted by Gasteiger charge is -2.10. The second kappa shape index (κ2) is 6.49. The summed E-state index contributed by atoms with van der Waals surface area (Å²) >= 11 is 3.60. The molecule has 1 aliphatic rings. The molecule has 2 aromatic rings. The van der Waals surface area contributed by atoms with Crippen molar-refractivity contribution in [2.45, 2.75) is 24.8 Å². The lowest BCUT2D eigenvalue weighted by molar-refractivity contribution is 0.242. The highest BCUT2D eigenvalue weighted by molar-refractivity contribution is 9.15. The van der Waals surface area contributed by atoms with Crippen molar-refractivity contribution < 1.29 is 13.7 Å². The first-order valence-corrected chi connectivity index (χ1v) is 9.22. The molecule has 0 spiro atoms. The minimum absolute atomic E-state index is 0.129. The second-order valence-electron chi connectivity index (χ2n) is 5.46. The van der Waals surface area contributed by atoms with Gasteiger partial charge in [0.05, 0.1) is 33.8 Å². The Morgan fingerprint density at radius 3 is 2.30 bits per heavy atom. The summed E-state index contributed by atoms with van der Waals surface area (Å²) in [7, 11) is 0.374. The Morgan fingerprint density at radius 1 is 1.04 bits per heavy atom. The number of fused-ring (bicyclic) bond motifs is 1. The zero-order valence-corrected chi connectivity index (χ0v) is 15.5. The highest BCUT2D eigenvalue weighted by Gasteiger charge is 2.28. The van der Waals surface area contributed by atoms with Gasteiger partial charge in [-0.3, -0.25) is 0 Å². The molecule has 0 bridgehead atoms. The van der Waals surface area contributed by atoms with E-state index in [9.17, 15) is 4.21 Å². The van der Waals surface area contributed by atoms with Crippen molar-refractivity contribution in [2.75, 3.05) is 7.11 Å². The largest absolute Gasteiger partial charge is 0.497 e. The van der Waals surface area contributed by atoms with E-state index in [1.807, 2.05) is 56.3 Å². The van der Waals surface area contributed by atoms with E-state index in [4.69, 9.17) is 9.47 Å². The Balaban J connectivity index is 1.97. The van der Waals surface area contributed by atoms with Gasteiger partial charge in [-0.1, -0.05) is 12.1 Å². The molecule has 5 heteroatoms. The minimum atomic E-state index is -1.23. The first-order chi connectivity index (χ1) is 11.0. The number of halogens is 1. The standard InChI is InChI=1S/C18H17BrO3S/c1-11(2)22-13-6-4-12(5-7-13)18-17(19)15-9-8-14(21-3)10-16(15)23(18)20/h4-11H,1-3H3. The topological polar surface area (TPSA) is 35.5 Å². The van der Waals surface area contributed by atoms with Crippen molar-refractivity contribution >= 4 is 36.1 Å². The van der Waals surface area contributed by atoms with Crippen LogP contribution in [0.3, 0.4) is 0 Å². The second-order valence-corrected chi connectivity index (χ2v) is 7.64. The number of rotatable bonds is 4. The normalized spacial score (nSPS) is 16.7. The van der Waals surface area contributed by atoms with Gasteiger partial charge in [0.1, 0.15) is 11.5 Å². The molecule has 0 saturated carbocycles. The monoisotopic (exact) mass is 392 g/mol. The average molecular weight is 393 g/mol. The summed E-state index contributed by atoms with van der Waals surface area (Å²) in [6.07, 6.45) is 0.129. The van der Waals surface area contributed by atoms with Gasteiger partial charge in [0.2, 0.25) is 0 Å². The quantitative estimate of drug-likeness (QED) is 0.747. The summed E-state index contributed by atoms with van der Waals surface area (Å²) < 4.78 is 24.6. The fourth-order valence-electron chi connectivity index (χ4n) is 2.47. The van der Waals surface area contributed by atoms with E-state index in [2.05, 4.69) is 15.9 Å². The number of ether oxygens (including phenoxy) is 2. The maximum atomic E-state index is 12.9. The van der Waals surface area contributed by atoms with Crippen LogP contribution in [0.1, 0.15) is 25.0 Å². The molecular formula is C18H17BrO3S. The Morgan fingerprint density at radius 2 is 1.70 bits per heavy atom. The van der Waals surface area contributed by atoms with Gasteiger partial charge in [-0.25, -0.2) is 4.21 Å². The third-order valence-electron chi connectivity index (χ3n) is 3.50. The van der Waals surface area contributed by atoms with Crippen LogP contribution in [0.5, 0.6) is 11.5 Å². The maximum absolute atomic E-state index is 12.9. The van der Waals surface area contributed by atoms with Crippen LogP contribution in [0.2, 0.25) is 0 Å². The van der Waals surface area contributed by atoms with Gasteiger partial charge in [0.25, 0.3) is 0 Å². The molecule has 0 aliphatic carbocycles. The molecular weight excluding hydrogens is 376 g/mol. The zero-order chi connectivity index (χ0) is 16.6. The number of hydrogen-bond acceptors (Lipinski definition) is 3. The molecule has 2 aromatic carbocycles. The first-order valence-electron chi connectivity index (χ1n) is 7.28. The van der Waals surface area contributed by atoms with E-state index in [1.165, 1.54) is 0 Å². The average Bonchev–Trinajstić information content (AvgIpc) is 2.79. The van der Waals surface area contributed by atoms with E-state index < -0.39 is 10.8 Å². The summed E-state index contributed by atoms with van der Waals surface area (Å²) in [6, 6.07) is 13.3. The van der Waals surface area contributed by atoms with E-state index in [-0.39, 0.29) is 6.10 Å². The van der Waals surface area contributed by atoms with E-state index in [0.717, 1.165) is 31.2 Å². The van der Waals surface area contributed by atoms with Crippen LogP contribution >= 0.6 is 15.9 Å². The molecule has 0 N–H and O–H groups in total. The predicted octanol–water partition coefficient (Wildman–Crippen LogP) is 4.82. The fourth-order valence-corrected chi connectivity index (χ4v) is 5.05. The Bertz CT molecular complexity index is 794. The van der Waals surface area contributed by atoms with Crippen molar-refractivity contribution in [3.05, 3.63) is 53.6 Å². The molecule has 120 valence electrons. The molecule has 0 amide bonds. The van der Waals surface area contributed by atoms with E-state index in [0.29, 0.717) is 5.75 Å². The maximum Gasteiger partial charge on any atom is 0.120 e. The predicted molar refractivity (Wildman–Crippen MR) is 97.3 cm³/mol. The van der Waals surface area contributed by atoms with Gasteiger partial charge in [-0.2, -0.15) is 0 Å². The van der Waals surface area contributed by atoms with Gasteiger partial charge in [-0.15, -0.1) is 0 Å². The lowest BCUT2D eigenvalue weighted by Crippen LogP contribution is -2.05. The molecule has 1 heterocycles. The van der Waals surface area contributed by atoms with Gasteiger partial charge in [-0.05, 0) is 65.7 Å². The third kappa shape index (κ3) is 3.08. The Labute approximate surface area is 146 Å². The smallest absolute Gasteiger partial charge is 0.120 e. The first kappa shape index (κ1) is 16.3. The Kier molecular flexibility index (Phi) is 4.60. The van der Waals surface area contributed by atoms with Crippen LogP contribution in [-0.4, -0.2) is 17.4 Å². The molecule has 23 heavy (non-hydrogen) atoms. The summed E-state index contributed by atoms with van der Waals surface area (Å²) in [6.45, 7) is 3.98. The van der Waals surface area contributed by atoms with Crippen molar-refractivity contribution in [1.29, 1.82) is 0 Å². The molecule has 0 saturated heterocycles. The van der Waals surface area contributed by atoms with Crippen LogP contribution in [-0.2, 0) is 10.8 Å². The lowest BCUT2D eigenvalue weighted by atomic mass is 10.1. The summed E-state index contributed by atoms with van der Waals surface area (Å²) in [5.41, 5.74) is 1.86. The van der Waals surface area contributed by atoms with Crippen LogP contribution in [0.15, 0.2) is 47.4 Å². The highest BCUT2D eigenvalue weighted by atomic mass is 79.9. The third-order valence-corrected chi connectivity index (χ3v) is 6.13. The number of benzene rings is 2. The summed E-state index contributed by atoms with van der Waals surface area (Å²) in [4.78, 5) is 1.55. The van der Waals surface area contributed by atoms with Crippen LogP contribution in [0.25, 0.3) is 9.39 Å². The molecule has 3 nitrogen and oxygen atoms in total. The van der Waals surface area contributed by atoms with Gasteiger partial charge in [0.15, 0.2) is 0 Å². The van der Waals surface area contributed by atoms with E-state index in [1.54, 1.807) is 7.11 Å². The number of hydrogen-bond donors (Lipinski definition) is 0. The zero-order valence-electron chi connectivity index (χ0n) is 13.1. The highest BCUT2D eigenvalue weighted by Crippen LogP contribution is 2.46. The van der Waals surface area contributed by atoms with E-state index >= 15 is 0 Å². The van der Waals surface area contributed by atoms with Gasteiger partial charge < -0.3 is 9.47 Å². The summed E-state index contributed by atoms with van der Waals surface area (Å²) in [5.74, 6) is 1.52. The SMILES string of the molecule is COc1ccc2c(c1)S(=O)C(c1ccc(OC(C)C)cc1)=C2Br. The number of methoxy groups -OCH3 is 1. The molecule has 0 aromatic heterocycles. The van der Waals surface area contributed by atoms with Crippen LogP contribution in [0, 0.1) is 0 Å². The molecule has 1 aliphatic heterocycles.